The van der Waals surface area contributed by atoms with Crippen molar-refractivity contribution in [3.63, 3.8) is 0 Å². The number of aromatic nitrogens is 2. The smallest absolute Gasteiger partial charge is 0.295 e. The zero-order chi connectivity index (χ0) is 23.2. The Balaban J connectivity index is 1.60. The zero-order valence-corrected chi connectivity index (χ0v) is 20.2. The molecular formula is C25H25N3O3S2. The van der Waals surface area contributed by atoms with Gasteiger partial charge in [0.1, 0.15) is 0 Å². The normalized spacial score (nSPS) is 13.8. The van der Waals surface area contributed by atoms with E-state index in [9.17, 15) is 13.2 Å². The summed E-state index contributed by atoms with van der Waals surface area (Å²) in [6.45, 7) is 0. The van der Waals surface area contributed by atoms with Crippen molar-refractivity contribution in [1.82, 2.24) is 9.13 Å². The molecule has 8 heteroatoms. The first-order chi connectivity index (χ1) is 15.8. The average Bonchev–Trinajstić information content (AvgIpc) is 3.03. The van der Waals surface area contributed by atoms with Crippen molar-refractivity contribution in [1.29, 1.82) is 0 Å². The van der Waals surface area contributed by atoms with Gasteiger partial charge < -0.3 is 0 Å². The van der Waals surface area contributed by atoms with Gasteiger partial charge in [-0.05, 0) is 73.2 Å². The summed E-state index contributed by atoms with van der Waals surface area (Å²) in [4.78, 5) is 14.5. The van der Waals surface area contributed by atoms with Crippen LogP contribution in [0, 0.1) is 0 Å². The van der Waals surface area contributed by atoms with E-state index < -0.39 is 10.0 Å². The molecule has 0 atom stereocenters. The van der Waals surface area contributed by atoms with Crippen LogP contribution in [-0.4, -0.2) is 17.6 Å². The molecule has 1 N–H and O–H groups in total. The van der Waals surface area contributed by atoms with Crippen molar-refractivity contribution < 1.29 is 8.42 Å². The predicted octanol–water partition coefficient (Wildman–Crippen LogP) is 4.71. The molecule has 0 bridgehead atoms. The molecule has 3 aromatic carbocycles. The van der Waals surface area contributed by atoms with E-state index in [1.54, 1.807) is 36.9 Å². The number of imidazole rings is 1. The Morgan fingerprint density at radius 1 is 0.848 bits per heavy atom. The third-order valence-corrected chi connectivity index (χ3v) is 8.65. The number of nitrogens with zero attached hydrogens (tertiary/aromatic N) is 2. The van der Waals surface area contributed by atoms with Gasteiger partial charge in [-0.1, -0.05) is 36.0 Å². The maximum absolute atomic E-state index is 13.4. The number of sulfonamides is 1. The molecule has 33 heavy (non-hydrogen) atoms. The van der Waals surface area contributed by atoms with Crippen LogP contribution in [0.15, 0.2) is 80.1 Å². The second-order valence-electron chi connectivity index (χ2n) is 8.40. The van der Waals surface area contributed by atoms with E-state index in [0.717, 1.165) is 46.6 Å². The summed E-state index contributed by atoms with van der Waals surface area (Å²) < 4.78 is 32.7. The summed E-state index contributed by atoms with van der Waals surface area (Å²) >= 11 is 1.46. The summed E-state index contributed by atoms with van der Waals surface area (Å²) in [7, 11) is -0.392. The zero-order valence-electron chi connectivity index (χ0n) is 18.5. The Hall–Kier alpha value is -2.97. The highest BCUT2D eigenvalue weighted by molar-refractivity contribution is 7.99. The van der Waals surface area contributed by atoms with Gasteiger partial charge in [0.2, 0.25) is 0 Å². The topological polar surface area (TPSA) is 73.1 Å². The average molecular weight is 480 g/mol. The maximum Gasteiger partial charge on any atom is 0.328 e. The van der Waals surface area contributed by atoms with Crippen molar-refractivity contribution in [3.8, 4) is 0 Å². The molecule has 0 saturated heterocycles. The summed E-state index contributed by atoms with van der Waals surface area (Å²) in [5.74, 6) is 0. The van der Waals surface area contributed by atoms with Crippen LogP contribution >= 0.6 is 11.8 Å². The van der Waals surface area contributed by atoms with Gasteiger partial charge in [0.25, 0.3) is 10.0 Å². The van der Waals surface area contributed by atoms with Gasteiger partial charge in [0, 0.05) is 23.9 Å². The number of rotatable bonds is 5. The summed E-state index contributed by atoms with van der Waals surface area (Å²) in [6.07, 6.45) is 4.14. The van der Waals surface area contributed by atoms with Crippen molar-refractivity contribution in [2.45, 2.75) is 40.4 Å². The third-order valence-electron chi connectivity index (χ3n) is 6.22. The fourth-order valence-electron chi connectivity index (χ4n) is 4.39. The van der Waals surface area contributed by atoms with E-state index in [4.69, 9.17) is 0 Å². The monoisotopic (exact) mass is 479 g/mol. The Labute approximate surface area is 197 Å². The maximum atomic E-state index is 13.4. The van der Waals surface area contributed by atoms with Crippen LogP contribution in [0.5, 0.6) is 0 Å². The summed E-state index contributed by atoms with van der Waals surface area (Å²) in [5, 5.41) is 0. The van der Waals surface area contributed by atoms with Gasteiger partial charge in [-0.25, -0.2) is 13.2 Å². The van der Waals surface area contributed by atoms with Gasteiger partial charge in [-0.15, -0.1) is 0 Å². The molecule has 4 aromatic rings. The molecule has 0 radical (unpaired) electrons. The number of hydrogen-bond donors (Lipinski definition) is 1. The first-order valence-corrected chi connectivity index (χ1v) is 13.2. The van der Waals surface area contributed by atoms with Gasteiger partial charge in [-0.3, -0.25) is 13.9 Å². The number of hydrogen-bond acceptors (Lipinski definition) is 4. The quantitative estimate of drug-likeness (QED) is 0.450. The van der Waals surface area contributed by atoms with E-state index in [1.807, 2.05) is 42.5 Å². The molecule has 0 amide bonds. The Bertz CT molecular complexity index is 1520. The van der Waals surface area contributed by atoms with E-state index in [0.29, 0.717) is 11.2 Å². The Kier molecular flexibility index (Phi) is 5.58. The molecule has 1 aliphatic carbocycles. The lowest BCUT2D eigenvalue weighted by Crippen LogP contribution is -2.19. The fraction of sp³-hybridized carbons (Fsp3) is 0.240. The second-order valence-corrected chi connectivity index (χ2v) is 11.2. The molecule has 0 spiro atoms. The number of aryl methyl sites for hydroxylation is 4. The highest BCUT2D eigenvalue weighted by Crippen LogP contribution is 2.37. The van der Waals surface area contributed by atoms with Crippen molar-refractivity contribution in [2.75, 3.05) is 4.72 Å². The molecule has 170 valence electrons. The molecule has 0 saturated carbocycles. The minimum absolute atomic E-state index is 0.157. The lowest BCUT2D eigenvalue weighted by atomic mass is 9.92. The van der Waals surface area contributed by atoms with Crippen molar-refractivity contribution in [3.05, 3.63) is 82.3 Å². The molecule has 0 aliphatic heterocycles. The first-order valence-electron chi connectivity index (χ1n) is 10.9. The summed E-state index contributed by atoms with van der Waals surface area (Å²) in [5.41, 5.74) is 4.07. The lowest BCUT2D eigenvalue weighted by molar-refractivity contribution is 0.600. The van der Waals surface area contributed by atoms with Crippen LogP contribution in [0.4, 0.5) is 5.69 Å². The predicted molar refractivity (Wildman–Crippen MR) is 133 cm³/mol. The molecule has 1 heterocycles. The van der Waals surface area contributed by atoms with Crippen molar-refractivity contribution >= 4 is 38.5 Å². The number of benzene rings is 3. The van der Waals surface area contributed by atoms with E-state index in [-0.39, 0.29) is 10.6 Å². The number of nitrogens with one attached hydrogen (secondary N) is 1. The Morgan fingerprint density at radius 2 is 1.52 bits per heavy atom. The fourth-order valence-corrected chi connectivity index (χ4v) is 6.51. The van der Waals surface area contributed by atoms with Crippen LogP contribution in [0.1, 0.15) is 24.0 Å². The van der Waals surface area contributed by atoms with Crippen LogP contribution < -0.4 is 10.4 Å². The molecule has 1 aliphatic rings. The number of anilines is 1. The van der Waals surface area contributed by atoms with Gasteiger partial charge in [-0.2, -0.15) is 0 Å². The standard InChI is InChI=1S/C25H25N3O3S2/c1-27-22-15-21(26-33(30,31)20-13-12-17-8-6-7-9-18(17)14-20)24(16-23(22)28(2)25(27)29)32-19-10-4-3-5-11-19/h3-5,10-16,26H,6-9H2,1-2H3. The van der Waals surface area contributed by atoms with E-state index >= 15 is 0 Å². The van der Waals surface area contributed by atoms with Gasteiger partial charge in [0.15, 0.2) is 0 Å². The molecule has 5 rings (SSSR count). The van der Waals surface area contributed by atoms with E-state index in [2.05, 4.69) is 4.72 Å². The van der Waals surface area contributed by atoms with E-state index in [1.165, 1.54) is 21.9 Å². The lowest BCUT2D eigenvalue weighted by Gasteiger charge is -2.18. The second kappa shape index (κ2) is 8.43. The number of fused-ring (bicyclic) bond motifs is 2. The van der Waals surface area contributed by atoms with Crippen LogP contribution in [0.2, 0.25) is 0 Å². The molecule has 6 nitrogen and oxygen atoms in total. The van der Waals surface area contributed by atoms with Crippen LogP contribution in [0.3, 0.4) is 0 Å². The molecule has 0 fully saturated rings. The first kappa shape index (κ1) is 21.9. The third kappa shape index (κ3) is 4.09. The molecular weight excluding hydrogens is 454 g/mol. The van der Waals surface area contributed by atoms with Crippen LogP contribution in [0.25, 0.3) is 11.0 Å². The largest absolute Gasteiger partial charge is 0.328 e. The highest BCUT2D eigenvalue weighted by Gasteiger charge is 2.21. The minimum Gasteiger partial charge on any atom is -0.295 e. The summed E-state index contributed by atoms with van der Waals surface area (Å²) in [6, 6.07) is 18.8. The minimum atomic E-state index is -3.80. The van der Waals surface area contributed by atoms with Gasteiger partial charge in [0.05, 0.1) is 21.6 Å². The van der Waals surface area contributed by atoms with Gasteiger partial charge >= 0.3 is 5.69 Å². The highest BCUT2D eigenvalue weighted by atomic mass is 32.2. The van der Waals surface area contributed by atoms with Crippen molar-refractivity contribution in [2.24, 2.45) is 14.1 Å². The SMILES string of the molecule is Cn1c(=O)n(C)c2cc(Sc3ccccc3)c(NS(=O)(=O)c3ccc4c(c3)CCCC4)cc21. The Morgan fingerprint density at radius 3 is 2.24 bits per heavy atom. The van der Waals surface area contributed by atoms with Crippen LogP contribution in [-0.2, 0) is 37.0 Å². The molecule has 1 aromatic heterocycles. The molecule has 0 unspecified atom stereocenters.